The van der Waals surface area contributed by atoms with Crippen molar-refractivity contribution >= 4 is 23.4 Å². The van der Waals surface area contributed by atoms with Gasteiger partial charge in [-0.1, -0.05) is 54.7 Å². The minimum atomic E-state index is -1.75. The van der Waals surface area contributed by atoms with Crippen molar-refractivity contribution in [1.82, 2.24) is 4.98 Å². The summed E-state index contributed by atoms with van der Waals surface area (Å²) in [6.07, 6.45) is 4.93. The van der Waals surface area contributed by atoms with Crippen molar-refractivity contribution in [3.63, 3.8) is 0 Å². The number of carbonyl (C=O) groups excluding carboxylic acids is 1. The summed E-state index contributed by atoms with van der Waals surface area (Å²) in [6, 6.07) is 13.0. The van der Waals surface area contributed by atoms with E-state index in [0.717, 1.165) is 11.1 Å². The number of hydrogen-bond acceptors (Lipinski definition) is 6. The number of carbonyl (C=O) groups is 1. The van der Waals surface area contributed by atoms with Crippen LogP contribution in [0.1, 0.15) is 11.1 Å². The van der Waals surface area contributed by atoms with Crippen molar-refractivity contribution in [3.05, 3.63) is 86.6 Å². The molecule has 0 unspecified atom stereocenters. The number of benzene rings is 1. The maximum Gasteiger partial charge on any atom is 2.00 e. The molecule has 1 radical (unpaired) electrons. The first-order valence-electron chi connectivity index (χ1n) is 6.41. The quantitative estimate of drug-likeness (QED) is 0.455. The van der Waals surface area contributed by atoms with E-state index in [2.05, 4.69) is 15.5 Å². The molecule has 0 spiro atoms. The third-order valence-electron chi connectivity index (χ3n) is 2.77. The van der Waals surface area contributed by atoms with Gasteiger partial charge in [0, 0.05) is 5.56 Å². The molecule has 0 N–H and O–H groups in total. The fraction of sp³-hybridized carbons (Fsp3) is 0. The molecule has 0 fully saturated rings. The van der Waals surface area contributed by atoms with Crippen LogP contribution in [0.4, 0.5) is 5.82 Å². The molecule has 0 aliphatic heterocycles. The maximum absolute atomic E-state index is 11.9. The van der Waals surface area contributed by atoms with Gasteiger partial charge in [-0.25, -0.2) is 0 Å². The van der Waals surface area contributed by atoms with Crippen LogP contribution in [0.5, 0.6) is 0 Å². The zero-order valence-corrected chi connectivity index (χ0v) is 12.9. The predicted octanol–water partition coefficient (Wildman–Crippen LogP) is 2.85. The van der Waals surface area contributed by atoms with Crippen molar-refractivity contribution in [2.45, 2.75) is 0 Å². The minimum Gasteiger partial charge on any atom is -0.442 e. The molecule has 0 saturated carbocycles. The molecule has 24 heavy (non-hydrogen) atoms. The molecule has 9 heteroatoms. The normalized spacial score (nSPS) is 13.2. The topological polar surface area (TPSA) is 123 Å². The summed E-state index contributed by atoms with van der Waals surface area (Å²) in [4.78, 5) is 24.2. The van der Waals surface area contributed by atoms with Crippen LogP contribution in [0.15, 0.2) is 59.8 Å². The third kappa shape index (κ3) is 5.31. The SMILES string of the molecule is O=C1C=Cc2ccccc2/C1=N\[N-]c1ccccn1.O=[N+]([O-])[O-].[Cu+2]. The van der Waals surface area contributed by atoms with Gasteiger partial charge in [-0.05, 0) is 17.5 Å². The molecule has 1 aliphatic carbocycles. The zero-order valence-electron chi connectivity index (χ0n) is 12.0. The Morgan fingerprint density at radius 1 is 1.04 bits per heavy atom. The van der Waals surface area contributed by atoms with Crippen LogP contribution >= 0.6 is 0 Å². The Bertz CT molecular complexity index is 774. The Morgan fingerprint density at radius 3 is 2.38 bits per heavy atom. The summed E-state index contributed by atoms with van der Waals surface area (Å²) < 4.78 is 0. The van der Waals surface area contributed by atoms with E-state index in [1.54, 1.807) is 24.4 Å². The molecule has 1 aliphatic rings. The van der Waals surface area contributed by atoms with Crippen molar-refractivity contribution in [3.8, 4) is 0 Å². The molecule has 1 aromatic carbocycles. The van der Waals surface area contributed by atoms with E-state index in [0.29, 0.717) is 11.5 Å². The monoisotopic (exact) mass is 373 g/mol. The molecule has 8 nitrogen and oxygen atoms in total. The number of allylic oxidation sites excluding steroid dienone is 1. The van der Waals surface area contributed by atoms with Crippen LogP contribution in [0.3, 0.4) is 0 Å². The summed E-state index contributed by atoms with van der Waals surface area (Å²) in [7, 11) is 0. The largest absolute Gasteiger partial charge is 2.00 e. The average molecular weight is 374 g/mol. The van der Waals surface area contributed by atoms with Crippen molar-refractivity contribution in [2.75, 3.05) is 0 Å². The Labute approximate surface area is 147 Å². The smallest absolute Gasteiger partial charge is 0.442 e. The number of rotatable bonds is 2. The Morgan fingerprint density at radius 2 is 1.71 bits per heavy atom. The fourth-order valence-corrected chi connectivity index (χ4v) is 1.85. The number of fused-ring (bicyclic) bond motifs is 1. The van der Waals surface area contributed by atoms with E-state index in [9.17, 15) is 4.79 Å². The fourth-order valence-electron chi connectivity index (χ4n) is 1.85. The van der Waals surface area contributed by atoms with Gasteiger partial charge in [0.1, 0.15) is 5.71 Å². The second-order valence-electron chi connectivity index (χ2n) is 4.24. The van der Waals surface area contributed by atoms with Gasteiger partial charge >= 0.3 is 17.1 Å². The molecule has 2 aromatic rings. The average Bonchev–Trinajstić information content (AvgIpc) is 2.54. The number of hydrogen-bond donors (Lipinski definition) is 0. The molecule has 0 amide bonds. The zero-order chi connectivity index (χ0) is 16.7. The summed E-state index contributed by atoms with van der Waals surface area (Å²) in [5.41, 5.74) is 6.12. The summed E-state index contributed by atoms with van der Waals surface area (Å²) in [5.74, 6) is 0.341. The van der Waals surface area contributed by atoms with Crippen molar-refractivity contribution in [2.24, 2.45) is 5.10 Å². The van der Waals surface area contributed by atoms with Gasteiger partial charge in [0.15, 0.2) is 0 Å². The van der Waals surface area contributed by atoms with Gasteiger partial charge in [-0.3, -0.25) is 9.90 Å². The number of pyridine rings is 1. The molecular weight excluding hydrogens is 364 g/mol. The van der Waals surface area contributed by atoms with Gasteiger partial charge in [0.05, 0.1) is 5.09 Å². The Balaban J connectivity index is 0.000000522. The van der Waals surface area contributed by atoms with Gasteiger partial charge in [-0.2, -0.15) is 0 Å². The van der Waals surface area contributed by atoms with Crippen molar-refractivity contribution in [1.29, 1.82) is 0 Å². The van der Waals surface area contributed by atoms with Crippen LogP contribution in [0.2, 0.25) is 0 Å². The van der Waals surface area contributed by atoms with E-state index in [1.165, 1.54) is 6.08 Å². The van der Waals surface area contributed by atoms with Crippen LogP contribution < -0.4 is 0 Å². The van der Waals surface area contributed by atoms with Crippen LogP contribution in [-0.2, 0) is 21.9 Å². The van der Waals surface area contributed by atoms with Crippen molar-refractivity contribution < 1.29 is 26.9 Å². The third-order valence-corrected chi connectivity index (χ3v) is 2.77. The predicted molar refractivity (Wildman–Crippen MR) is 84.6 cm³/mol. The van der Waals surface area contributed by atoms with E-state index in [1.807, 2.05) is 30.3 Å². The first-order chi connectivity index (χ1) is 11.1. The van der Waals surface area contributed by atoms with Gasteiger partial charge < -0.3 is 25.7 Å². The first kappa shape index (κ1) is 19.0. The molecule has 0 saturated heterocycles. The molecule has 1 heterocycles. The summed E-state index contributed by atoms with van der Waals surface area (Å²) in [6.45, 7) is 0. The van der Waals surface area contributed by atoms with E-state index in [-0.39, 0.29) is 22.9 Å². The molecular formula is C15H10CuN4O4. The number of nitrogens with zero attached hydrogens (tertiary/aromatic N) is 4. The molecule has 1 aromatic heterocycles. The van der Waals surface area contributed by atoms with Gasteiger partial charge in [-0.15, -0.1) is 0 Å². The molecule has 0 bridgehead atoms. The second kappa shape index (κ2) is 9.19. The Hall–Kier alpha value is -3.03. The van der Waals surface area contributed by atoms with E-state index >= 15 is 0 Å². The summed E-state index contributed by atoms with van der Waals surface area (Å²) in [5, 5.41) is 18.8. The number of ketones is 1. The minimum absolute atomic E-state index is 0. The van der Waals surface area contributed by atoms with E-state index in [4.69, 9.17) is 15.3 Å². The van der Waals surface area contributed by atoms with Crippen LogP contribution in [0, 0.1) is 15.3 Å². The maximum atomic E-state index is 11.9. The molecule has 125 valence electrons. The van der Waals surface area contributed by atoms with Crippen LogP contribution in [-0.4, -0.2) is 21.6 Å². The second-order valence-corrected chi connectivity index (χ2v) is 4.24. The van der Waals surface area contributed by atoms with Crippen LogP contribution in [0.25, 0.3) is 11.5 Å². The standard InChI is InChI=1S/C15H11N3O.Cu.NO3/c19-13-9-8-11-5-1-2-6-12(11)15(13)18-17-14-7-3-4-10-16-14;;2-1(3)4/h1-10H,(H,16,17,19);;/q;+2;-1/p-1. The Kier molecular flexibility index (Phi) is 7.28. The van der Waals surface area contributed by atoms with Gasteiger partial charge in [0.2, 0.25) is 5.78 Å². The van der Waals surface area contributed by atoms with E-state index < -0.39 is 5.09 Å². The molecule has 3 rings (SSSR count). The number of aromatic nitrogens is 1. The van der Waals surface area contributed by atoms with Gasteiger partial charge in [0.25, 0.3) is 0 Å². The molecule has 0 atom stereocenters. The first-order valence-corrected chi connectivity index (χ1v) is 6.41. The summed E-state index contributed by atoms with van der Waals surface area (Å²) >= 11 is 0.